The molecule has 0 saturated heterocycles. The molecule has 1 amide bonds. The molecule has 0 fully saturated rings. The van der Waals surface area contributed by atoms with E-state index in [1.165, 1.54) is 11.3 Å². The summed E-state index contributed by atoms with van der Waals surface area (Å²) in [6.45, 7) is 4.86. The number of aromatic nitrogens is 1. The standard InChI is InChI=1S/C23H27N3O3S/c1-15-22(30-16(2)24-15)20(27)19-18(12-11-17-9-6-5-7-10-17)26(23(29)21(19)28)14-8-13-25(3)4/h5-7,9-12,18,28H,8,13-14H2,1-4H3/b12-11+. The van der Waals surface area contributed by atoms with Gasteiger partial charge in [0, 0.05) is 6.54 Å². The highest BCUT2D eigenvalue weighted by Crippen LogP contribution is 2.32. The molecule has 0 saturated carbocycles. The summed E-state index contributed by atoms with van der Waals surface area (Å²) in [6, 6.07) is 9.07. The van der Waals surface area contributed by atoms with Crippen LogP contribution >= 0.6 is 11.3 Å². The molecule has 1 aliphatic rings. The molecule has 0 radical (unpaired) electrons. The molecule has 3 rings (SSSR count). The number of nitrogens with zero attached hydrogens (tertiary/aromatic N) is 3. The molecule has 1 atom stereocenters. The third-order valence-corrected chi connectivity index (χ3v) is 6.05. The average Bonchev–Trinajstić information content (AvgIpc) is 3.17. The average molecular weight is 426 g/mol. The molecule has 1 aromatic heterocycles. The highest BCUT2D eigenvalue weighted by atomic mass is 32.1. The SMILES string of the molecule is Cc1nc(C)c(C(=O)C2=C(O)C(=O)N(CCCN(C)C)C2/C=C/c2ccccc2)s1. The van der Waals surface area contributed by atoms with Gasteiger partial charge in [-0.25, -0.2) is 4.98 Å². The van der Waals surface area contributed by atoms with Crippen LogP contribution in [0.4, 0.5) is 0 Å². The summed E-state index contributed by atoms with van der Waals surface area (Å²) in [5, 5.41) is 11.4. The van der Waals surface area contributed by atoms with Crippen molar-refractivity contribution < 1.29 is 14.7 Å². The zero-order chi connectivity index (χ0) is 21.8. The monoisotopic (exact) mass is 425 g/mol. The van der Waals surface area contributed by atoms with Gasteiger partial charge in [0.05, 0.1) is 27.2 Å². The van der Waals surface area contributed by atoms with Crippen molar-refractivity contribution in [1.82, 2.24) is 14.8 Å². The van der Waals surface area contributed by atoms with E-state index >= 15 is 0 Å². The summed E-state index contributed by atoms with van der Waals surface area (Å²) in [7, 11) is 3.94. The Morgan fingerprint density at radius 3 is 2.57 bits per heavy atom. The second-order valence-corrected chi connectivity index (χ2v) is 8.81. The van der Waals surface area contributed by atoms with Gasteiger partial charge >= 0.3 is 0 Å². The first kappa shape index (κ1) is 21.9. The van der Waals surface area contributed by atoms with Crippen molar-refractivity contribution in [3.8, 4) is 0 Å². The van der Waals surface area contributed by atoms with E-state index in [2.05, 4.69) is 4.98 Å². The molecule has 2 aromatic rings. The van der Waals surface area contributed by atoms with Gasteiger partial charge in [0.25, 0.3) is 5.91 Å². The fourth-order valence-electron chi connectivity index (χ4n) is 3.54. The van der Waals surface area contributed by atoms with Crippen molar-refractivity contribution >= 4 is 29.1 Å². The highest BCUT2D eigenvalue weighted by Gasteiger charge is 2.42. The maximum atomic E-state index is 13.3. The van der Waals surface area contributed by atoms with Crippen molar-refractivity contribution in [1.29, 1.82) is 0 Å². The lowest BCUT2D eigenvalue weighted by molar-refractivity contribution is -0.128. The molecule has 1 N–H and O–H groups in total. The van der Waals surface area contributed by atoms with E-state index in [1.54, 1.807) is 11.8 Å². The molecule has 1 aliphatic heterocycles. The Balaban J connectivity index is 1.96. The Morgan fingerprint density at radius 2 is 1.97 bits per heavy atom. The first-order valence-electron chi connectivity index (χ1n) is 9.90. The zero-order valence-electron chi connectivity index (χ0n) is 17.8. The summed E-state index contributed by atoms with van der Waals surface area (Å²) in [5.74, 6) is -1.29. The Bertz CT molecular complexity index is 992. The molecule has 158 valence electrons. The van der Waals surface area contributed by atoms with Gasteiger partial charge in [-0.1, -0.05) is 42.5 Å². The van der Waals surface area contributed by atoms with Crippen LogP contribution in [0.1, 0.15) is 32.4 Å². The predicted octanol–water partition coefficient (Wildman–Crippen LogP) is 3.63. The second-order valence-electron chi connectivity index (χ2n) is 7.61. The van der Waals surface area contributed by atoms with Crippen LogP contribution < -0.4 is 0 Å². The van der Waals surface area contributed by atoms with Gasteiger partial charge in [0.15, 0.2) is 5.76 Å². The van der Waals surface area contributed by atoms with Gasteiger partial charge in [0.1, 0.15) is 0 Å². The number of benzene rings is 1. The Labute approximate surface area is 181 Å². The number of aliphatic hydroxyl groups is 1. The number of Topliss-reactive ketones (excluding diaryl/α,β-unsaturated/α-hetero) is 1. The lowest BCUT2D eigenvalue weighted by Gasteiger charge is -2.24. The normalized spacial score (nSPS) is 17.0. The van der Waals surface area contributed by atoms with Crippen LogP contribution in [0.3, 0.4) is 0 Å². The minimum atomic E-state index is -0.617. The highest BCUT2D eigenvalue weighted by molar-refractivity contribution is 7.14. The number of carbonyl (C=O) groups excluding carboxylic acids is 2. The third kappa shape index (κ3) is 4.68. The molecule has 2 heterocycles. The van der Waals surface area contributed by atoms with E-state index in [4.69, 9.17) is 0 Å². The Morgan fingerprint density at radius 1 is 1.27 bits per heavy atom. The molecular weight excluding hydrogens is 398 g/mol. The molecular formula is C23H27N3O3S. The molecule has 6 nitrogen and oxygen atoms in total. The number of rotatable bonds is 8. The number of aryl methyl sites for hydroxylation is 2. The first-order valence-corrected chi connectivity index (χ1v) is 10.7. The molecule has 0 bridgehead atoms. The minimum absolute atomic E-state index is 0.129. The number of amides is 1. The number of aliphatic hydroxyl groups excluding tert-OH is 1. The molecule has 0 spiro atoms. The summed E-state index contributed by atoms with van der Waals surface area (Å²) in [4.78, 5) is 34.6. The number of thiazole rings is 1. The van der Waals surface area contributed by atoms with Crippen molar-refractivity contribution in [3.63, 3.8) is 0 Å². The van der Waals surface area contributed by atoms with E-state index in [-0.39, 0.29) is 11.4 Å². The van der Waals surface area contributed by atoms with Gasteiger partial charge in [0.2, 0.25) is 5.78 Å². The van der Waals surface area contributed by atoms with Crippen molar-refractivity contribution in [3.05, 3.63) is 68.9 Å². The number of hydrogen-bond donors (Lipinski definition) is 1. The van der Waals surface area contributed by atoms with Gasteiger partial charge in [-0.05, 0) is 46.5 Å². The van der Waals surface area contributed by atoms with Crippen LogP contribution in [0.15, 0.2) is 47.7 Å². The van der Waals surface area contributed by atoms with E-state index in [1.807, 2.05) is 68.4 Å². The zero-order valence-corrected chi connectivity index (χ0v) is 18.6. The summed E-state index contributed by atoms with van der Waals surface area (Å²) >= 11 is 1.29. The molecule has 30 heavy (non-hydrogen) atoms. The van der Waals surface area contributed by atoms with Crippen LogP contribution in [0, 0.1) is 13.8 Å². The Hall–Kier alpha value is -2.77. The Kier molecular flexibility index (Phi) is 6.84. The van der Waals surface area contributed by atoms with Crippen LogP contribution in [0.5, 0.6) is 0 Å². The van der Waals surface area contributed by atoms with E-state index in [9.17, 15) is 14.7 Å². The summed E-state index contributed by atoms with van der Waals surface area (Å²) in [5.41, 5.74) is 1.71. The van der Waals surface area contributed by atoms with Gasteiger partial charge in [-0.3, -0.25) is 9.59 Å². The third-order valence-electron chi connectivity index (χ3n) is 4.98. The van der Waals surface area contributed by atoms with Crippen LogP contribution in [-0.2, 0) is 4.79 Å². The lowest BCUT2D eigenvalue weighted by atomic mass is 10.00. The van der Waals surface area contributed by atoms with Crippen LogP contribution in [-0.4, -0.2) is 64.8 Å². The fourth-order valence-corrected chi connectivity index (χ4v) is 4.42. The van der Waals surface area contributed by atoms with Crippen molar-refractivity contribution in [2.45, 2.75) is 26.3 Å². The van der Waals surface area contributed by atoms with Gasteiger partial charge < -0.3 is 14.9 Å². The largest absolute Gasteiger partial charge is 0.503 e. The molecule has 0 aliphatic carbocycles. The number of ketones is 1. The maximum Gasteiger partial charge on any atom is 0.289 e. The van der Waals surface area contributed by atoms with Crippen LogP contribution in [0.25, 0.3) is 6.08 Å². The van der Waals surface area contributed by atoms with Gasteiger partial charge in [-0.2, -0.15) is 0 Å². The van der Waals surface area contributed by atoms with Gasteiger partial charge in [-0.15, -0.1) is 11.3 Å². The molecule has 1 aromatic carbocycles. The topological polar surface area (TPSA) is 73.7 Å². The smallest absolute Gasteiger partial charge is 0.289 e. The first-order chi connectivity index (χ1) is 14.3. The summed E-state index contributed by atoms with van der Waals surface area (Å²) < 4.78 is 0. The fraction of sp³-hybridized carbons (Fsp3) is 0.348. The van der Waals surface area contributed by atoms with E-state index in [0.29, 0.717) is 17.1 Å². The minimum Gasteiger partial charge on any atom is -0.503 e. The summed E-state index contributed by atoms with van der Waals surface area (Å²) in [6.07, 6.45) is 4.44. The number of carbonyl (C=O) groups is 2. The molecule has 7 heteroatoms. The van der Waals surface area contributed by atoms with Crippen molar-refractivity contribution in [2.75, 3.05) is 27.2 Å². The number of hydrogen-bond acceptors (Lipinski definition) is 6. The van der Waals surface area contributed by atoms with E-state index < -0.39 is 17.7 Å². The van der Waals surface area contributed by atoms with Crippen LogP contribution in [0.2, 0.25) is 0 Å². The predicted molar refractivity (Wildman–Crippen MR) is 120 cm³/mol. The quantitative estimate of drug-likeness (QED) is 0.654. The van der Waals surface area contributed by atoms with E-state index in [0.717, 1.165) is 23.5 Å². The molecule has 1 unspecified atom stereocenters. The van der Waals surface area contributed by atoms with Crippen molar-refractivity contribution in [2.24, 2.45) is 0 Å². The maximum absolute atomic E-state index is 13.3. The second kappa shape index (κ2) is 9.36. The lowest BCUT2D eigenvalue weighted by Crippen LogP contribution is -2.37.